The Morgan fingerprint density at radius 2 is 2.17 bits per heavy atom. The fourth-order valence-corrected chi connectivity index (χ4v) is 2.13. The van der Waals surface area contributed by atoms with Gasteiger partial charge < -0.3 is 10.6 Å². The number of pyridine rings is 1. The average Bonchev–Trinajstić information content (AvgIpc) is 3.16. The highest BCUT2D eigenvalue weighted by Crippen LogP contribution is 2.47. The van der Waals surface area contributed by atoms with Gasteiger partial charge in [0.1, 0.15) is 5.82 Å². The monoisotopic (exact) mass is 247 g/mol. The summed E-state index contributed by atoms with van der Waals surface area (Å²) in [6, 6.07) is 3.61. The van der Waals surface area contributed by atoms with Gasteiger partial charge in [0, 0.05) is 24.8 Å². The third-order valence-electron chi connectivity index (χ3n) is 3.80. The number of rotatable bonds is 5. The maximum atomic E-state index is 12.1. The summed E-state index contributed by atoms with van der Waals surface area (Å²) in [7, 11) is 1.81. The minimum atomic E-state index is -0.00303. The van der Waals surface area contributed by atoms with Gasteiger partial charge in [-0.2, -0.15) is 0 Å². The minimum Gasteiger partial charge on any atom is -0.373 e. The second-order valence-corrected chi connectivity index (χ2v) is 5.17. The maximum Gasteiger partial charge on any atom is 0.251 e. The van der Waals surface area contributed by atoms with E-state index in [1.165, 1.54) is 12.8 Å². The molecule has 1 heterocycles. The molecule has 18 heavy (non-hydrogen) atoms. The van der Waals surface area contributed by atoms with Gasteiger partial charge in [0.2, 0.25) is 0 Å². The van der Waals surface area contributed by atoms with Gasteiger partial charge in [0.25, 0.3) is 5.91 Å². The molecule has 1 aromatic heterocycles. The molecule has 0 spiro atoms. The van der Waals surface area contributed by atoms with Crippen LogP contribution in [0.15, 0.2) is 12.1 Å². The molecule has 1 aliphatic carbocycles. The quantitative estimate of drug-likeness (QED) is 0.839. The lowest BCUT2D eigenvalue weighted by Crippen LogP contribution is -2.30. The summed E-state index contributed by atoms with van der Waals surface area (Å²) in [5.74, 6) is 0.730. The first-order valence-corrected chi connectivity index (χ1v) is 6.53. The van der Waals surface area contributed by atoms with Gasteiger partial charge in [-0.1, -0.05) is 6.92 Å². The molecule has 1 aromatic rings. The first kappa shape index (κ1) is 12.9. The van der Waals surface area contributed by atoms with Gasteiger partial charge in [-0.25, -0.2) is 4.98 Å². The predicted octanol–water partition coefficient (Wildman–Crippen LogP) is 2.35. The zero-order chi connectivity index (χ0) is 13.2. The van der Waals surface area contributed by atoms with Crippen molar-refractivity contribution in [1.82, 2.24) is 10.3 Å². The van der Waals surface area contributed by atoms with Crippen molar-refractivity contribution in [2.45, 2.75) is 33.1 Å². The van der Waals surface area contributed by atoms with Crippen molar-refractivity contribution in [1.29, 1.82) is 0 Å². The van der Waals surface area contributed by atoms with Crippen molar-refractivity contribution in [3.63, 3.8) is 0 Å². The Morgan fingerprint density at radius 3 is 2.72 bits per heavy atom. The van der Waals surface area contributed by atoms with Crippen LogP contribution in [0.2, 0.25) is 0 Å². The highest BCUT2D eigenvalue weighted by Gasteiger charge is 2.40. The molecule has 0 bridgehead atoms. The van der Waals surface area contributed by atoms with Crippen LogP contribution < -0.4 is 10.6 Å². The van der Waals surface area contributed by atoms with Crippen LogP contribution in [0.4, 0.5) is 5.82 Å². The van der Waals surface area contributed by atoms with Crippen LogP contribution >= 0.6 is 0 Å². The Hall–Kier alpha value is -1.58. The van der Waals surface area contributed by atoms with Crippen molar-refractivity contribution in [2.75, 3.05) is 18.9 Å². The summed E-state index contributed by atoms with van der Waals surface area (Å²) >= 11 is 0. The van der Waals surface area contributed by atoms with E-state index in [9.17, 15) is 4.79 Å². The molecule has 0 radical (unpaired) electrons. The Labute approximate surface area is 108 Å². The number of anilines is 1. The summed E-state index contributed by atoms with van der Waals surface area (Å²) in [6.45, 7) is 4.87. The molecule has 0 atom stereocenters. The predicted molar refractivity (Wildman–Crippen MR) is 72.8 cm³/mol. The van der Waals surface area contributed by atoms with Crippen LogP contribution in [0.1, 0.15) is 42.2 Å². The first-order chi connectivity index (χ1) is 8.58. The molecule has 1 aliphatic rings. The van der Waals surface area contributed by atoms with Gasteiger partial charge in [0.15, 0.2) is 0 Å². The molecule has 0 aliphatic heterocycles. The van der Waals surface area contributed by atoms with Crippen molar-refractivity contribution >= 4 is 11.7 Å². The molecule has 0 unspecified atom stereocenters. The van der Waals surface area contributed by atoms with E-state index in [2.05, 4.69) is 22.5 Å². The molecule has 4 heteroatoms. The highest BCUT2D eigenvalue weighted by molar-refractivity contribution is 5.95. The third-order valence-corrected chi connectivity index (χ3v) is 3.80. The summed E-state index contributed by atoms with van der Waals surface area (Å²) in [6.07, 6.45) is 3.62. The average molecular weight is 247 g/mol. The Kier molecular flexibility index (Phi) is 3.55. The number of amides is 1. The number of nitrogens with one attached hydrogen (secondary N) is 2. The van der Waals surface area contributed by atoms with E-state index in [4.69, 9.17) is 0 Å². The molecule has 0 aromatic carbocycles. The van der Waals surface area contributed by atoms with E-state index in [1.807, 2.05) is 13.0 Å². The summed E-state index contributed by atoms with van der Waals surface area (Å²) < 4.78 is 0. The van der Waals surface area contributed by atoms with Gasteiger partial charge in [0.05, 0.1) is 0 Å². The van der Waals surface area contributed by atoms with E-state index >= 15 is 0 Å². The second kappa shape index (κ2) is 4.96. The number of aryl methyl sites for hydroxylation is 1. The summed E-state index contributed by atoms with van der Waals surface area (Å²) in [5, 5.41) is 6.00. The lowest BCUT2D eigenvalue weighted by atomic mass is 10.0. The van der Waals surface area contributed by atoms with Gasteiger partial charge in [-0.3, -0.25) is 4.79 Å². The van der Waals surface area contributed by atoms with Crippen LogP contribution in [-0.4, -0.2) is 24.5 Å². The topological polar surface area (TPSA) is 54.0 Å². The molecule has 1 amide bonds. The molecule has 2 N–H and O–H groups in total. The largest absolute Gasteiger partial charge is 0.373 e. The van der Waals surface area contributed by atoms with Crippen LogP contribution in [0.3, 0.4) is 0 Å². The van der Waals surface area contributed by atoms with E-state index < -0.39 is 0 Å². The zero-order valence-corrected chi connectivity index (χ0v) is 11.3. The SMILES string of the molecule is CCC1(CNC(=O)c2cc(C)nc(NC)c2)CC1. The second-order valence-electron chi connectivity index (χ2n) is 5.17. The Bertz CT molecular complexity index is 452. The highest BCUT2D eigenvalue weighted by atomic mass is 16.1. The van der Waals surface area contributed by atoms with Crippen molar-refractivity contribution in [2.24, 2.45) is 5.41 Å². The van der Waals surface area contributed by atoms with E-state index in [-0.39, 0.29) is 5.91 Å². The Balaban J connectivity index is 2.02. The lowest BCUT2D eigenvalue weighted by Gasteiger charge is -2.14. The number of hydrogen-bond acceptors (Lipinski definition) is 3. The minimum absolute atomic E-state index is 0.00303. The molecular formula is C14H21N3O. The molecule has 1 fully saturated rings. The first-order valence-electron chi connectivity index (χ1n) is 6.53. The number of carbonyl (C=O) groups excluding carboxylic acids is 1. The van der Waals surface area contributed by atoms with Gasteiger partial charge in [-0.05, 0) is 43.7 Å². The Morgan fingerprint density at radius 1 is 1.44 bits per heavy atom. The smallest absolute Gasteiger partial charge is 0.251 e. The molecule has 1 saturated carbocycles. The molecule has 0 saturated heterocycles. The third kappa shape index (κ3) is 2.81. The fraction of sp³-hybridized carbons (Fsp3) is 0.571. The lowest BCUT2D eigenvalue weighted by molar-refractivity contribution is 0.0944. The standard InChI is InChI=1S/C14H21N3O/c1-4-14(5-6-14)9-16-13(18)11-7-10(2)17-12(8-11)15-3/h7-8H,4-6,9H2,1-3H3,(H,15,17)(H,16,18). The fourth-order valence-electron chi connectivity index (χ4n) is 2.13. The van der Waals surface area contributed by atoms with Crippen LogP contribution in [0.5, 0.6) is 0 Å². The van der Waals surface area contributed by atoms with Crippen LogP contribution in [0.25, 0.3) is 0 Å². The van der Waals surface area contributed by atoms with Crippen molar-refractivity contribution in [3.05, 3.63) is 23.4 Å². The number of hydrogen-bond donors (Lipinski definition) is 2. The van der Waals surface area contributed by atoms with Crippen molar-refractivity contribution < 1.29 is 4.79 Å². The van der Waals surface area contributed by atoms with E-state index in [0.717, 1.165) is 24.5 Å². The molecule has 2 rings (SSSR count). The zero-order valence-electron chi connectivity index (χ0n) is 11.3. The molecule has 98 valence electrons. The number of carbonyl (C=O) groups is 1. The molecular weight excluding hydrogens is 226 g/mol. The molecule has 4 nitrogen and oxygen atoms in total. The van der Waals surface area contributed by atoms with Gasteiger partial charge >= 0.3 is 0 Å². The van der Waals surface area contributed by atoms with E-state index in [1.54, 1.807) is 13.1 Å². The number of aromatic nitrogens is 1. The normalized spacial score (nSPS) is 16.2. The van der Waals surface area contributed by atoms with Crippen molar-refractivity contribution in [3.8, 4) is 0 Å². The van der Waals surface area contributed by atoms with Crippen LogP contribution in [-0.2, 0) is 0 Å². The van der Waals surface area contributed by atoms with Crippen LogP contribution in [0, 0.1) is 12.3 Å². The summed E-state index contributed by atoms with van der Waals surface area (Å²) in [4.78, 5) is 16.4. The van der Waals surface area contributed by atoms with Gasteiger partial charge in [-0.15, -0.1) is 0 Å². The number of nitrogens with zero attached hydrogens (tertiary/aromatic N) is 1. The van der Waals surface area contributed by atoms with E-state index in [0.29, 0.717) is 11.0 Å². The summed E-state index contributed by atoms with van der Waals surface area (Å²) in [5.41, 5.74) is 1.91. The maximum absolute atomic E-state index is 12.1.